The van der Waals surface area contributed by atoms with Gasteiger partial charge in [0.1, 0.15) is 5.75 Å². The number of rotatable bonds is 4. The summed E-state index contributed by atoms with van der Waals surface area (Å²) in [5, 5.41) is 9.38. The third-order valence-corrected chi connectivity index (χ3v) is 4.06. The first-order chi connectivity index (χ1) is 10.8. The summed E-state index contributed by atoms with van der Waals surface area (Å²) >= 11 is 0. The molecule has 0 aliphatic rings. The standard InChI is InChI=1S/C19H20O4/c1-11-8-12(2)14(4)18(13(11)3)17(21)10-23-19(22)15-6-5-7-16(20)9-15/h5-9,20H,10H2,1-4H3. The highest BCUT2D eigenvalue weighted by Gasteiger charge is 2.18. The fraction of sp³-hybridized carbons (Fsp3) is 0.263. The molecule has 23 heavy (non-hydrogen) atoms. The fourth-order valence-electron chi connectivity index (χ4n) is 2.55. The second-order valence-electron chi connectivity index (χ2n) is 5.69. The maximum atomic E-state index is 12.5. The Balaban J connectivity index is 2.16. The number of hydrogen-bond donors (Lipinski definition) is 1. The maximum absolute atomic E-state index is 12.5. The summed E-state index contributed by atoms with van der Waals surface area (Å²) in [5.41, 5.74) is 4.72. The molecule has 0 saturated carbocycles. The van der Waals surface area contributed by atoms with Gasteiger partial charge < -0.3 is 9.84 Å². The van der Waals surface area contributed by atoms with Crippen molar-refractivity contribution in [3.05, 3.63) is 63.7 Å². The number of ether oxygens (including phenoxy) is 1. The van der Waals surface area contributed by atoms with E-state index in [0.717, 1.165) is 22.3 Å². The van der Waals surface area contributed by atoms with Gasteiger partial charge >= 0.3 is 5.97 Å². The van der Waals surface area contributed by atoms with Crippen LogP contribution in [0.4, 0.5) is 0 Å². The number of carbonyl (C=O) groups is 2. The van der Waals surface area contributed by atoms with Gasteiger partial charge in [-0.15, -0.1) is 0 Å². The minimum Gasteiger partial charge on any atom is -0.508 e. The van der Waals surface area contributed by atoms with E-state index in [4.69, 9.17) is 4.74 Å². The van der Waals surface area contributed by atoms with Crippen LogP contribution in [-0.2, 0) is 4.74 Å². The number of benzene rings is 2. The zero-order chi connectivity index (χ0) is 17.1. The molecule has 2 aromatic carbocycles. The molecule has 4 heteroatoms. The number of carbonyl (C=O) groups excluding carboxylic acids is 2. The number of Topliss-reactive ketones (excluding diaryl/α,β-unsaturated/α-hetero) is 1. The molecular weight excluding hydrogens is 292 g/mol. The third-order valence-electron chi connectivity index (χ3n) is 4.06. The van der Waals surface area contributed by atoms with Crippen LogP contribution in [0.3, 0.4) is 0 Å². The van der Waals surface area contributed by atoms with E-state index in [-0.39, 0.29) is 23.7 Å². The molecule has 0 aliphatic heterocycles. The molecule has 0 unspecified atom stereocenters. The van der Waals surface area contributed by atoms with Crippen molar-refractivity contribution in [2.45, 2.75) is 27.7 Å². The van der Waals surface area contributed by atoms with Crippen LogP contribution in [-0.4, -0.2) is 23.5 Å². The third kappa shape index (κ3) is 3.59. The van der Waals surface area contributed by atoms with Gasteiger partial charge in [-0.3, -0.25) is 4.79 Å². The first-order valence-electron chi connectivity index (χ1n) is 7.38. The van der Waals surface area contributed by atoms with Crippen molar-refractivity contribution in [3.63, 3.8) is 0 Å². The first kappa shape index (κ1) is 16.7. The van der Waals surface area contributed by atoms with Crippen LogP contribution in [0.2, 0.25) is 0 Å². The highest BCUT2D eigenvalue weighted by Crippen LogP contribution is 2.22. The van der Waals surface area contributed by atoms with Crippen molar-refractivity contribution in [2.75, 3.05) is 6.61 Å². The Hall–Kier alpha value is -2.62. The highest BCUT2D eigenvalue weighted by molar-refractivity contribution is 6.02. The summed E-state index contributed by atoms with van der Waals surface area (Å²) in [5.74, 6) is -0.874. The average molecular weight is 312 g/mol. The predicted molar refractivity (Wildman–Crippen MR) is 88.1 cm³/mol. The van der Waals surface area contributed by atoms with Crippen molar-refractivity contribution in [1.29, 1.82) is 0 Å². The monoisotopic (exact) mass is 312 g/mol. The van der Waals surface area contributed by atoms with Gasteiger partial charge in [-0.05, 0) is 68.1 Å². The first-order valence-corrected chi connectivity index (χ1v) is 7.38. The van der Waals surface area contributed by atoms with Gasteiger partial charge in [0.05, 0.1) is 5.56 Å². The summed E-state index contributed by atoms with van der Waals surface area (Å²) in [6.45, 7) is 7.38. The van der Waals surface area contributed by atoms with Gasteiger partial charge in [-0.25, -0.2) is 4.79 Å². The largest absolute Gasteiger partial charge is 0.508 e. The number of aryl methyl sites for hydroxylation is 2. The van der Waals surface area contributed by atoms with Crippen molar-refractivity contribution in [2.24, 2.45) is 0 Å². The van der Waals surface area contributed by atoms with E-state index in [1.165, 1.54) is 18.2 Å². The zero-order valence-electron chi connectivity index (χ0n) is 13.8. The molecule has 120 valence electrons. The number of hydrogen-bond acceptors (Lipinski definition) is 4. The lowest BCUT2D eigenvalue weighted by Gasteiger charge is -2.14. The van der Waals surface area contributed by atoms with Crippen LogP contribution in [0, 0.1) is 27.7 Å². The van der Waals surface area contributed by atoms with Gasteiger partial charge in [0.25, 0.3) is 0 Å². The van der Waals surface area contributed by atoms with E-state index in [0.29, 0.717) is 5.56 Å². The molecule has 2 rings (SSSR count). The Kier molecular flexibility index (Phi) is 4.84. The second kappa shape index (κ2) is 6.65. The van der Waals surface area contributed by atoms with Crippen LogP contribution < -0.4 is 0 Å². The lowest BCUT2D eigenvalue weighted by molar-refractivity contribution is 0.0474. The molecule has 0 radical (unpaired) electrons. The molecule has 0 atom stereocenters. The number of phenolic OH excluding ortho intramolecular Hbond substituents is 1. The molecule has 0 aliphatic carbocycles. The summed E-state index contributed by atoms with van der Waals surface area (Å²) in [6.07, 6.45) is 0. The average Bonchev–Trinajstić information content (AvgIpc) is 2.51. The second-order valence-corrected chi connectivity index (χ2v) is 5.69. The number of aromatic hydroxyl groups is 1. The van der Waals surface area contributed by atoms with Gasteiger partial charge in [0.2, 0.25) is 5.78 Å². The highest BCUT2D eigenvalue weighted by atomic mass is 16.5. The summed E-state index contributed by atoms with van der Waals surface area (Å²) in [4.78, 5) is 24.4. The van der Waals surface area contributed by atoms with Crippen molar-refractivity contribution < 1.29 is 19.4 Å². The van der Waals surface area contributed by atoms with Crippen molar-refractivity contribution >= 4 is 11.8 Å². The van der Waals surface area contributed by atoms with Gasteiger partial charge in [0, 0.05) is 5.56 Å². The minimum atomic E-state index is -0.631. The number of phenols is 1. The topological polar surface area (TPSA) is 63.6 Å². The number of esters is 1. The van der Waals surface area contributed by atoms with Gasteiger partial charge in [-0.2, -0.15) is 0 Å². The van der Waals surface area contributed by atoms with Crippen LogP contribution in [0.25, 0.3) is 0 Å². The molecule has 0 heterocycles. The molecule has 0 fully saturated rings. The van der Waals surface area contributed by atoms with Crippen LogP contribution in [0.1, 0.15) is 43.0 Å². The lowest BCUT2D eigenvalue weighted by atomic mass is 9.92. The molecular formula is C19H20O4. The summed E-state index contributed by atoms with van der Waals surface area (Å²) in [7, 11) is 0. The van der Waals surface area contributed by atoms with Gasteiger partial charge in [0.15, 0.2) is 6.61 Å². The van der Waals surface area contributed by atoms with Crippen LogP contribution in [0.15, 0.2) is 30.3 Å². The SMILES string of the molecule is Cc1cc(C)c(C)c(C(=O)COC(=O)c2cccc(O)c2)c1C. The lowest BCUT2D eigenvalue weighted by Crippen LogP contribution is -2.17. The zero-order valence-corrected chi connectivity index (χ0v) is 13.8. The molecule has 4 nitrogen and oxygen atoms in total. The van der Waals surface area contributed by atoms with E-state index in [1.54, 1.807) is 6.07 Å². The Morgan fingerprint density at radius 2 is 1.61 bits per heavy atom. The Labute approximate surface area is 135 Å². The van der Waals surface area contributed by atoms with Gasteiger partial charge in [-0.1, -0.05) is 12.1 Å². The maximum Gasteiger partial charge on any atom is 0.338 e. The summed E-state index contributed by atoms with van der Waals surface area (Å²) in [6, 6.07) is 7.89. The van der Waals surface area contributed by atoms with E-state index in [2.05, 4.69) is 0 Å². The van der Waals surface area contributed by atoms with Crippen LogP contribution >= 0.6 is 0 Å². The fourth-order valence-corrected chi connectivity index (χ4v) is 2.55. The quantitative estimate of drug-likeness (QED) is 0.691. The van der Waals surface area contributed by atoms with E-state index in [9.17, 15) is 14.7 Å². The molecule has 1 N–H and O–H groups in total. The molecule has 0 spiro atoms. The van der Waals surface area contributed by atoms with Crippen molar-refractivity contribution in [3.8, 4) is 5.75 Å². The molecule has 0 saturated heterocycles. The Morgan fingerprint density at radius 3 is 2.17 bits per heavy atom. The summed E-state index contributed by atoms with van der Waals surface area (Å²) < 4.78 is 5.09. The Morgan fingerprint density at radius 1 is 1.00 bits per heavy atom. The smallest absolute Gasteiger partial charge is 0.338 e. The molecule has 0 aromatic heterocycles. The molecule has 0 bridgehead atoms. The van der Waals surface area contributed by atoms with Crippen LogP contribution in [0.5, 0.6) is 5.75 Å². The van der Waals surface area contributed by atoms with E-state index in [1.807, 2.05) is 33.8 Å². The predicted octanol–water partition coefficient (Wildman–Crippen LogP) is 3.67. The van der Waals surface area contributed by atoms with Crippen molar-refractivity contribution in [1.82, 2.24) is 0 Å². The molecule has 0 amide bonds. The van der Waals surface area contributed by atoms with E-state index >= 15 is 0 Å². The normalized spacial score (nSPS) is 10.4. The Bertz CT molecular complexity index is 749. The van der Waals surface area contributed by atoms with E-state index < -0.39 is 5.97 Å². The minimum absolute atomic E-state index is 0.0215. The number of ketones is 1. The molecule has 2 aromatic rings.